The fourth-order valence-corrected chi connectivity index (χ4v) is 8.08. The first-order valence-corrected chi connectivity index (χ1v) is 16.5. The molecule has 5 nitrogen and oxygen atoms in total. The number of nitriles is 2. The van der Waals surface area contributed by atoms with Crippen LogP contribution in [0.2, 0.25) is 0 Å². The van der Waals surface area contributed by atoms with Crippen molar-refractivity contribution in [1.82, 2.24) is 15.0 Å². The maximum Gasteiger partial charge on any atom is 0.164 e. The van der Waals surface area contributed by atoms with Gasteiger partial charge in [-0.3, -0.25) is 0 Å². The lowest BCUT2D eigenvalue weighted by atomic mass is 9.75. The molecule has 8 rings (SSSR count). The summed E-state index contributed by atoms with van der Waals surface area (Å²) in [6.45, 7) is 4.42. The average molecular weight is 634 g/mol. The van der Waals surface area contributed by atoms with Crippen molar-refractivity contribution in [2.75, 3.05) is 0 Å². The fourth-order valence-electron chi connectivity index (χ4n) is 6.59. The molecule has 0 unspecified atom stereocenters. The number of fused-ring (bicyclic) bond motifs is 3. The first-order valence-electron chi connectivity index (χ1n) is 15.6. The Labute approximate surface area is 283 Å². The van der Waals surface area contributed by atoms with Gasteiger partial charge in [-0.05, 0) is 69.4 Å². The minimum absolute atomic E-state index is 0.400. The molecule has 0 saturated carbocycles. The highest BCUT2D eigenvalue weighted by atomic mass is 32.2. The van der Waals surface area contributed by atoms with Crippen LogP contribution in [0.5, 0.6) is 0 Å². The lowest BCUT2D eigenvalue weighted by molar-refractivity contribution is 0.608. The van der Waals surface area contributed by atoms with E-state index in [2.05, 4.69) is 74.5 Å². The first kappa shape index (κ1) is 29.3. The van der Waals surface area contributed by atoms with Gasteiger partial charge in [0.25, 0.3) is 0 Å². The maximum atomic E-state index is 9.88. The molecule has 2 heterocycles. The largest absolute Gasteiger partial charge is 0.208 e. The number of hydrogen-bond donors (Lipinski definition) is 0. The molecule has 0 spiro atoms. The Balaban J connectivity index is 1.29. The molecule has 1 aliphatic rings. The summed E-state index contributed by atoms with van der Waals surface area (Å²) in [5.74, 6) is 1.80. The Hall–Kier alpha value is -6.08. The number of hydrogen-bond acceptors (Lipinski definition) is 6. The van der Waals surface area contributed by atoms with E-state index in [0.29, 0.717) is 28.6 Å². The second-order valence-corrected chi connectivity index (χ2v) is 13.4. The van der Waals surface area contributed by atoms with Gasteiger partial charge >= 0.3 is 0 Å². The molecule has 7 aromatic rings. The standard InChI is InChI=1S/C42H27N5S/c1-42(2)35-15-7-13-33(25-44)38(35)48-36-16-8-14-34(37(36)42)41-46-39(27-9-4-3-5-10-27)45-40(47-41)32-12-6-11-28(23-32)31-20-19-29-21-26(24-43)17-18-30(29)22-31/h3-23H,1-2H3. The van der Waals surface area contributed by atoms with Gasteiger partial charge in [0, 0.05) is 31.9 Å². The predicted octanol–water partition coefficient (Wildman–Crippen LogP) is 10.2. The Morgan fingerprint density at radius 1 is 0.562 bits per heavy atom. The fraction of sp³-hybridized carbons (Fsp3) is 0.0714. The summed E-state index contributed by atoms with van der Waals surface area (Å²) in [6, 6.07) is 47.2. The van der Waals surface area contributed by atoms with E-state index in [1.165, 1.54) is 0 Å². The molecule has 1 aromatic heterocycles. The van der Waals surface area contributed by atoms with Crippen molar-refractivity contribution in [3.05, 3.63) is 150 Å². The van der Waals surface area contributed by atoms with E-state index in [1.54, 1.807) is 11.8 Å². The predicted molar refractivity (Wildman–Crippen MR) is 191 cm³/mol. The highest BCUT2D eigenvalue weighted by molar-refractivity contribution is 7.99. The SMILES string of the molecule is CC1(C)c2cccc(C#N)c2Sc2cccc(-c3nc(-c4ccccc4)nc(-c4cccc(-c5ccc6cc(C#N)ccc6c5)c4)n3)c21. The molecule has 0 aliphatic carbocycles. The third-order valence-electron chi connectivity index (χ3n) is 9.00. The van der Waals surface area contributed by atoms with Gasteiger partial charge in [-0.2, -0.15) is 10.5 Å². The smallest absolute Gasteiger partial charge is 0.164 e. The van der Waals surface area contributed by atoms with E-state index in [1.807, 2.05) is 78.9 Å². The van der Waals surface area contributed by atoms with Gasteiger partial charge in [0.15, 0.2) is 17.5 Å². The summed E-state index contributed by atoms with van der Waals surface area (Å²) < 4.78 is 0. The van der Waals surface area contributed by atoms with Crippen molar-refractivity contribution in [2.45, 2.75) is 29.1 Å². The normalized spacial score (nSPS) is 12.8. The van der Waals surface area contributed by atoms with Gasteiger partial charge in [0.05, 0.1) is 17.2 Å². The lowest BCUT2D eigenvalue weighted by Crippen LogP contribution is -2.25. The molecule has 0 amide bonds. The molecule has 0 bridgehead atoms. The molecule has 0 radical (unpaired) electrons. The maximum absolute atomic E-state index is 9.88. The average Bonchev–Trinajstić information content (AvgIpc) is 3.14. The highest BCUT2D eigenvalue weighted by Gasteiger charge is 2.37. The van der Waals surface area contributed by atoms with Crippen molar-refractivity contribution in [3.8, 4) is 57.4 Å². The van der Waals surface area contributed by atoms with Crippen molar-refractivity contribution < 1.29 is 0 Å². The van der Waals surface area contributed by atoms with E-state index in [0.717, 1.165) is 59.5 Å². The molecular weight excluding hydrogens is 607 g/mol. The van der Waals surface area contributed by atoms with Gasteiger partial charge in [-0.15, -0.1) is 0 Å². The Bertz CT molecular complexity index is 2490. The topological polar surface area (TPSA) is 86.2 Å². The van der Waals surface area contributed by atoms with E-state index < -0.39 is 5.41 Å². The number of nitrogens with zero attached hydrogens (tertiary/aromatic N) is 5. The molecule has 0 N–H and O–H groups in total. The van der Waals surface area contributed by atoms with E-state index in [9.17, 15) is 10.5 Å². The van der Waals surface area contributed by atoms with Gasteiger partial charge in [-0.1, -0.05) is 117 Å². The molecular formula is C42H27N5S. The molecule has 6 aromatic carbocycles. The zero-order valence-electron chi connectivity index (χ0n) is 26.3. The summed E-state index contributed by atoms with van der Waals surface area (Å²) >= 11 is 1.64. The molecule has 0 saturated heterocycles. The van der Waals surface area contributed by atoms with Crippen LogP contribution in [0.25, 0.3) is 56.1 Å². The van der Waals surface area contributed by atoms with Crippen LogP contribution in [0.15, 0.2) is 137 Å². The summed E-state index contributed by atoms with van der Waals surface area (Å²) in [4.78, 5) is 17.4. The quantitative estimate of drug-likeness (QED) is 0.192. The second kappa shape index (κ2) is 11.6. The number of rotatable bonds is 4. The molecule has 0 fully saturated rings. The third kappa shape index (κ3) is 5.00. The Morgan fingerprint density at radius 3 is 2.04 bits per heavy atom. The lowest BCUT2D eigenvalue weighted by Gasteiger charge is -2.36. The zero-order chi connectivity index (χ0) is 32.8. The number of aromatic nitrogens is 3. The molecule has 1 aliphatic heterocycles. The minimum Gasteiger partial charge on any atom is -0.208 e. The number of benzene rings is 6. The van der Waals surface area contributed by atoms with Crippen LogP contribution in [0, 0.1) is 22.7 Å². The van der Waals surface area contributed by atoms with Crippen LogP contribution in [0.4, 0.5) is 0 Å². The summed E-state index contributed by atoms with van der Waals surface area (Å²) in [5, 5.41) is 21.3. The third-order valence-corrected chi connectivity index (χ3v) is 10.2. The van der Waals surface area contributed by atoms with Gasteiger partial charge in [0.2, 0.25) is 0 Å². The second-order valence-electron chi connectivity index (χ2n) is 12.3. The van der Waals surface area contributed by atoms with Crippen LogP contribution >= 0.6 is 11.8 Å². The van der Waals surface area contributed by atoms with Gasteiger partial charge in [-0.25, -0.2) is 15.0 Å². The van der Waals surface area contributed by atoms with Crippen molar-refractivity contribution in [1.29, 1.82) is 10.5 Å². The monoisotopic (exact) mass is 633 g/mol. The summed E-state index contributed by atoms with van der Waals surface area (Å²) in [7, 11) is 0. The van der Waals surface area contributed by atoms with Crippen molar-refractivity contribution in [3.63, 3.8) is 0 Å². The van der Waals surface area contributed by atoms with Gasteiger partial charge in [0.1, 0.15) is 6.07 Å². The van der Waals surface area contributed by atoms with Crippen LogP contribution in [0.1, 0.15) is 36.1 Å². The van der Waals surface area contributed by atoms with Crippen molar-refractivity contribution >= 4 is 22.5 Å². The van der Waals surface area contributed by atoms with E-state index in [4.69, 9.17) is 15.0 Å². The van der Waals surface area contributed by atoms with Crippen molar-refractivity contribution in [2.24, 2.45) is 0 Å². The minimum atomic E-state index is -0.400. The summed E-state index contributed by atoms with van der Waals surface area (Å²) in [5.41, 5.74) is 8.05. The van der Waals surface area contributed by atoms with Crippen LogP contribution < -0.4 is 0 Å². The van der Waals surface area contributed by atoms with E-state index in [-0.39, 0.29) is 0 Å². The van der Waals surface area contributed by atoms with Crippen LogP contribution in [0.3, 0.4) is 0 Å². The van der Waals surface area contributed by atoms with Gasteiger partial charge < -0.3 is 0 Å². The highest BCUT2D eigenvalue weighted by Crippen LogP contribution is 2.52. The van der Waals surface area contributed by atoms with Crippen LogP contribution in [-0.2, 0) is 5.41 Å². The first-order chi connectivity index (χ1) is 23.4. The molecule has 226 valence electrons. The Morgan fingerprint density at radius 2 is 1.23 bits per heavy atom. The van der Waals surface area contributed by atoms with Crippen LogP contribution in [-0.4, -0.2) is 15.0 Å². The zero-order valence-corrected chi connectivity index (χ0v) is 27.1. The molecule has 48 heavy (non-hydrogen) atoms. The molecule has 0 atom stereocenters. The molecule has 6 heteroatoms. The summed E-state index contributed by atoms with van der Waals surface area (Å²) in [6.07, 6.45) is 0. The Kier molecular flexibility index (Phi) is 7.10. The van der Waals surface area contributed by atoms with E-state index >= 15 is 0 Å².